The first kappa shape index (κ1) is 14.0. The smallest absolute Gasteiger partial charge is 0.268 e. The van der Waals surface area contributed by atoms with Crippen LogP contribution in [0.3, 0.4) is 0 Å². The van der Waals surface area contributed by atoms with E-state index in [0.717, 1.165) is 25.7 Å². The van der Waals surface area contributed by atoms with E-state index in [4.69, 9.17) is 5.73 Å². The van der Waals surface area contributed by atoms with Gasteiger partial charge in [0, 0.05) is 18.3 Å². The average Bonchev–Trinajstić information content (AvgIpc) is 2.79. The van der Waals surface area contributed by atoms with E-state index in [0.29, 0.717) is 0 Å². The molecule has 0 bridgehead atoms. The second kappa shape index (κ2) is 6.14. The number of alkyl halides is 2. The summed E-state index contributed by atoms with van der Waals surface area (Å²) in [5.74, 6) is -0.326. The third-order valence-corrected chi connectivity index (χ3v) is 3.53. The molecule has 0 aliphatic heterocycles. The first-order valence-corrected chi connectivity index (χ1v) is 6.57. The molecule has 19 heavy (non-hydrogen) atoms. The summed E-state index contributed by atoms with van der Waals surface area (Å²) in [4.78, 5) is 12.1. The monoisotopic (exact) mass is 271 g/mol. The van der Waals surface area contributed by atoms with E-state index in [-0.39, 0.29) is 23.7 Å². The zero-order chi connectivity index (χ0) is 13.8. The van der Waals surface area contributed by atoms with Crippen LogP contribution in [0.5, 0.6) is 0 Å². The van der Waals surface area contributed by atoms with Crippen molar-refractivity contribution in [1.82, 2.24) is 9.88 Å². The molecule has 0 saturated heterocycles. The van der Waals surface area contributed by atoms with Crippen LogP contribution in [-0.2, 0) is 6.54 Å². The maximum absolute atomic E-state index is 12.4. The third-order valence-electron chi connectivity index (χ3n) is 3.53. The molecule has 0 aromatic carbocycles. The van der Waals surface area contributed by atoms with Gasteiger partial charge in [-0.15, -0.1) is 0 Å². The fourth-order valence-electron chi connectivity index (χ4n) is 2.51. The molecule has 3 N–H and O–H groups in total. The molecule has 1 amide bonds. The Hall–Kier alpha value is -1.43. The SMILES string of the molecule is N[C@@H]1CCCC[C@H]1NC(=O)c1cccn1CC(F)F. The number of halogens is 2. The van der Waals surface area contributed by atoms with Crippen molar-refractivity contribution in [3.63, 3.8) is 0 Å². The minimum absolute atomic E-state index is 0.0452. The summed E-state index contributed by atoms with van der Waals surface area (Å²) in [7, 11) is 0. The summed E-state index contributed by atoms with van der Waals surface area (Å²) in [5, 5.41) is 2.86. The van der Waals surface area contributed by atoms with Crippen molar-refractivity contribution in [2.75, 3.05) is 0 Å². The van der Waals surface area contributed by atoms with Gasteiger partial charge in [0.15, 0.2) is 0 Å². The molecule has 1 saturated carbocycles. The topological polar surface area (TPSA) is 60.0 Å². The van der Waals surface area contributed by atoms with Gasteiger partial charge in [0.1, 0.15) is 5.69 Å². The molecule has 0 spiro atoms. The number of carbonyl (C=O) groups is 1. The molecule has 1 aliphatic carbocycles. The predicted molar refractivity (Wildman–Crippen MR) is 68.1 cm³/mol. The highest BCUT2D eigenvalue weighted by Crippen LogP contribution is 2.17. The molecule has 1 aromatic rings. The maximum Gasteiger partial charge on any atom is 0.268 e. The van der Waals surface area contributed by atoms with Crippen LogP contribution in [0.4, 0.5) is 8.78 Å². The number of aromatic nitrogens is 1. The Kier molecular flexibility index (Phi) is 4.52. The molecule has 1 aromatic heterocycles. The Labute approximate surface area is 111 Å². The van der Waals surface area contributed by atoms with Crippen LogP contribution in [0, 0.1) is 0 Å². The number of nitrogens with one attached hydrogen (secondary N) is 1. The van der Waals surface area contributed by atoms with E-state index < -0.39 is 13.0 Å². The fourth-order valence-corrected chi connectivity index (χ4v) is 2.51. The number of amides is 1. The minimum Gasteiger partial charge on any atom is -0.346 e. The van der Waals surface area contributed by atoms with Crippen LogP contribution in [-0.4, -0.2) is 29.0 Å². The number of rotatable bonds is 4. The second-order valence-corrected chi connectivity index (χ2v) is 4.97. The molecule has 0 radical (unpaired) electrons. The molecule has 106 valence electrons. The van der Waals surface area contributed by atoms with Crippen molar-refractivity contribution in [1.29, 1.82) is 0 Å². The highest BCUT2D eigenvalue weighted by Gasteiger charge is 2.24. The normalized spacial score (nSPS) is 23.6. The maximum atomic E-state index is 12.4. The van der Waals surface area contributed by atoms with Crippen molar-refractivity contribution in [3.05, 3.63) is 24.0 Å². The molecule has 2 atom stereocenters. The van der Waals surface area contributed by atoms with Crippen molar-refractivity contribution in [2.45, 2.75) is 50.7 Å². The second-order valence-electron chi connectivity index (χ2n) is 4.97. The van der Waals surface area contributed by atoms with Gasteiger partial charge < -0.3 is 15.6 Å². The highest BCUT2D eigenvalue weighted by molar-refractivity contribution is 5.93. The molecule has 1 fully saturated rings. The van der Waals surface area contributed by atoms with Gasteiger partial charge >= 0.3 is 0 Å². The van der Waals surface area contributed by atoms with Crippen LogP contribution < -0.4 is 11.1 Å². The Morgan fingerprint density at radius 3 is 2.89 bits per heavy atom. The lowest BCUT2D eigenvalue weighted by Gasteiger charge is -2.29. The molecular formula is C13H19F2N3O. The van der Waals surface area contributed by atoms with Gasteiger partial charge in [0.2, 0.25) is 0 Å². The summed E-state index contributed by atoms with van der Waals surface area (Å²) in [6.07, 6.45) is 2.87. The lowest BCUT2D eigenvalue weighted by Crippen LogP contribution is -2.49. The van der Waals surface area contributed by atoms with Crippen LogP contribution in [0.2, 0.25) is 0 Å². The summed E-state index contributed by atoms with van der Waals surface area (Å²) in [5.41, 5.74) is 6.22. The van der Waals surface area contributed by atoms with Gasteiger partial charge in [-0.1, -0.05) is 12.8 Å². The van der Waals surface area contributed by atoms with E-state index >= 15 is 0 Å². The van der Waals surface area contributed by atoms with Gasteiger partial charge in [0.25, 0.3) is 12.3 Å². The van der Waals surface area contributed by atoms with Gasteiger partial charge in [-0.3, -0.25) is 4.79 Å². The van der Waals surface area contributed by atoms with Crippen molar-refractivity contribution in [2.24, 2.45) is 5.73 Å². The molecule has 1 aliphatic rings. The lowest BCUT2D eigenvalue weighted by molar-refractivity contribution is 0.0899. The van der Waals surface area contributed by atoms with Gasteiger partial charge in [-0.05, 0) is 25.0 Å². The fraction of sp³-hybridized carbons (Fsp3) is 0.615. The zero-order valence-corrected chi connectivity index (χ0v) is 10.7. The number of nitrogens with two attached hydrogens (primary N) is 1. The van der Waals surface area contributed by atoms with Gasteiger partial charge in [-0.25, -0.2) is 8.78 Å². The summed E-state index contributed by atoms with van der Waals surface area (Å²) in [6.45, 7) is -0.466. The van der Waals surface area contributed by atoms with E-state index in [1.807, 2.05) is 0 Å². The van der Waals surface area contributed by atoms with Crippen molar-refractivity contribution < 1.29 is 13.6 Å². The zero-order valence-electron chi connectivity index (χ0n) is 10.7. The van der Waals surface area contributed by atoms with E-state index in [1.165, 1.54) is 10.8 Å². The Morgan fingerprint density at radius 1 is 1.47 bits per heavy atom. The van der Waals surface area contributed by atoms with Crippen LogP contribution in [0.25, 0.3) is 0 Å². The Bertz CT molecular complexity index is 433. The van der Waals surface area contributed by atoms with E-state index in [9.17, 15) is 13.6 Å². The molecule has 0 unspecified atom stereocenters. The van der Waals surface area contributed by atoms with Gasteiger partial charge in [-0.2, -0.15) is 0 Å². The summed E-state index contributed by atoms with van der Waals surface area (Å²) in [6, 6.07) is 3.04. The predicted octanol–water partition coefficient (Wildman–Crippen LogP) is 1.75. The first-order valence-electron chi connectivity index (χ1n) is 6.57. The standard InChI is InChI=1S/C13H19F2N3O/c14-12(15)8-18-7-3-6-11(18)13(19)17-10-5-2-1-4-9(10)16/h3,6-7,9-10,12H,1-2,4-5,8,16H2,(H,17,19)/t9-,10-/m1/s1. The van der Waals surface area contributed by atoms with E-state index in [1.54, 1.807) is 12.1 Å². The van der Waals surface area contributed by atoms with Gasteiger partial charge in [0.05, 0.1) is 6.54 Å². The van der Waals surface area contributed by atoms with Crippen LogP contribution in [0.1, 0.15) is 36.2 Å². The lowest BCUT2D eigenvalue weighted by atomic mass is 9.91. The summed E-state index contributed by atoms with van der Waals surface area (Å²) >= 11 is 0. The molecule has 4 nitrogen and oxygen atoms in total. The Balaban J connectivity index is 2.01. The molecule has 1 heterocycles. The summed E-state index contributed by atoms with van der Waals surface area (Å²) < 4.78 is 26.1. The van der Waals surface area contributed by atoms with Crippen molar-refractivity contribution in [3.8, 4) is 0 Å². The first-order chi connectivity index (χ1) is 9.08. The quantitative estimate of drug-likeness (QED) is 0.876. The third kappa shape index (κ3) is 3.53. The highest BCUT2D eigenvalue weighted by atomic mass is 19.3. The van der Waals surface area contributed by atoms with E-state index in [2.05, 4.69) is 5.32 Å². The average molecular weight is 271 g/mol. The Morgan fingerprint density at radius 2 is 2.21 bits per heavy atom. The molecular weight excluding hydrogens is 252 g/mol. The van der Waals surface area contributed by atoms with Crippen LogP contribution in [0.15, 0.2) is 18.3 Å². The van der Waals surface area contributed by atoms with Crippen molar-refractivity contribution >= 4 is 5.91 Å². The minimum atomic E-state index is -2.48. The number of hydrogen-bond acceptors (Lipinski definition) is 2. The number of carbonyl (C=O) groups excluding carboxylic acids is 1. The van der Waals surface area contributed by atoms with Crippen LogP contribution >= 0.6 is 0 Å². The molecule has 2 rings (SSSR count). The number of hydrogen-bond donors (Lipinski definition) is 2. The number of nitrogens with zero attached hydrogens (tertiary/aromatic N) is 1. The molecule has 6 heteroatoms. The largest absolute Gasteiger partial charge is 0.346 e.